The van der Waals surface area contributed by atoms with Gasteiger partial charge in [-0.1, -0.05) is 30.3 Å². The normalized spacial score (nSPS) is 22.8. The average Bonchev–Trinajstić information content (AvgIpc) is 2.69. The summed E-state index contributed by atoms with van der Waals surface area (Å²) in [4.78, 5) is 12.5. The molecule has 2 aliphatic heterocycles. The Morgan fingerprint density at radius 2 is 1.85 bits per heavy atom. The summed E-state index contributed by atoms with van der Waals surface area (Å²) in [5, 5.41) is 2.96. The van der Waals surface area contributed by atoms with E-state index in [1.807, 2.05) is 30.3 Å². The van der Waals surface area contributed by atoms with E-state index < -0.39 is 10.2 Å². The molecular formula is C18H27N3O4S. The molecule has 1 N–H and O–H groups in total. The first-order chi connectivity index (χ1) is 12.6. The lowest BCUT2D eigenvalue weighted by atomic mass is 9.99. The van der Waals surface area contributed by atoms with Crippen LogP contribution < -0.4 is 5.32 Å². The largest absolute Gasteiger partial charge is 0.379 e. The topological polar surface area (TPSA) is 79.0 Å². The third kappa shape index (κ3) is 4.82. The second kappa shape index (κ2) is 8.94. The van der Waals surface area contributed by atoms with Gasteiger partial charge in [-0.3, -0.25) is 4.79 Å². The number of hydrogen-bond acceptors (Lipinski definition) is 4. The SMILES string of the molecule is O=C(NCCc1ccccc1)[C@H]1CCCN(S(=O)(=O)N2CCOCC2)C1. The van der Waals surface area contributed by atoms with E-state index in [0.717, 1.165) is 12.8 Å². The Morgan fingerprint density at radius 1 is 1.12 bits per heavy atom. The Morgan fingerprint density at radius 3 is 2.58 bits per heavy atom. The predicted octanol–water partition coefficient (Wildman–Crippen LogP) is 0.634. The second-order valence-electron chi connectivity index (χ2n) is 6.74. The Labute approximate surface area is 155 Å². The summed E-state index contributed by atoms with van der Waals surface area (Å²) >= 11 is 0. The molecule has 8 heteroatoms. The van der Waals surface area contributed by atoms with Crippen molar-refractivity contribution in [2.45, 2.75) is 19.3 Å². The van der Waals surface area contributed by atoms with Gasteiger partial charge < -0.3 is 10.1 Å². The first-order valence-electron chi connectivity index (χ1n) is 9.22. The van der Waals surface area contributed by atoms with Crippen LogP contribution in [-0.2, 0) is 26.2 Å². The highest BCUT2D eigenvalue weighted by Gasteiger charge is 2.36. The molecule has 1 amide bonds. The van der Waals surface area contributed by atoms with Gasteiger partial charge in [-0.05, 0) is 24.8 Å². The van der Waals surface area contributed by atoms with Crippen LogP contribution in [0.3, 0.4) is 0 Å². The highest BCUT2D eigenvalue weighted by atomic mass is 32.2. The van der Waals surface area contributed by atoms with Gasteiger partial charge in [0.1, 0.15) is 0 Å². The predicted molar refractivity (Wildman–Crippen MR) is 98.8 cm³/mol. The van der Waals surface area contributed by atoms with Crippen molar-refractivity contribution in [3.63, 3.8) is 0 Å². The number of piperidine rings is 1. The van der Waals surface area contributed by atoms with Gasteiger partial charge in [0.25, 0.3) is 10.2 Å². The van der Waals surface area contributed by atoms with Crippen molar-refractivity contribution >= 4 is 16.1 Å². The minimum absolute atomic E-state index is 0.0530. The lowest BCUT2D eigenvalue weighted by Gasteiger charge is -2.36. The molecule has 0 radical (unpaired) electrons. The van der Waals surface area contributed by atoms with E-state index >= 15 is 0 Å². The van der Waals surface area contributed by atoms with Crippen molar-refractivity contribution in [3.05, 3.63) is 35.9 Å². The minimum Gasteiger partial charge on any atom is -0.379 e. The van der Waals surface area contributed by atoms with Crippen molar-refractivity contribution in [1.29, 1.82) is 0 Å². The summed E-state index contributed by atoms with van der Waals surface area (Å²) in [6.45, 7) is 2.92. The third-order valence-corrected chi connectivity index (χ3v) is 6.94. The van der Waals surface area contributed by atoms with E-state index in [1.54, 1.807) is 0 Å². The number of amides is 1. The van der Waals surface area contributed by atoms with Gasteiger partial charge in [0.2, 0.25) is 5.91 Å². The lowest BCUT2D eigenvalue weighted by molar-refractivity contribution is -0.126. The van der Waals surface area contributed by atoms with Crippen LogP contribution in [0.5, 0.6) is 0 Å². The van der Waals surface area contributed by atoms with Gasteiger partial charge in [0.15, 0.2) is 0 Å². The van der Waals surface area contributed by atoms with Gasteiger partial charge in [0, 0.05) is 32.7 Å². The number of carbonyl (C=O) groups is 1. The van der Waals surface area contributed by atoms with Crippen molar-refractivity contribution in [3.8, 4) is 0 Å². The number of ether oxygens (including phenoxy) is 1. The van der Waals surface area contributed by atoms with Crippen LogP contribution in [-0.4, -0.2) is 68.9 Å². The zero-order valence-corrected chi connectivity index (χ0v) is 15.8. The Bertz CT molecular complexity index is 690. The van der Waals surface area contributed by atoms with E-state index in [9.17, 15) is 13.2 Å². The molecule has 2 fully saturated rings. The smallest absolute Gasteiger partial charge is 0.282 e. The molecule has 0 aliphatic carbocycles. The van der Waals surface area contributed by atoms with Crippen LogP contribution in [0.4, 0.5) is 0 Å². The number of morpholine rings is 1. The lowest BCUT2D eigenvalue weighted by Crippen LogP contribution is -2.53. The molecule has 1 aromatic carbocycles. The number of hydrogen-bond donors (Lipinski definition) is 1. The molecular weight excluding hydrogens is 354 g/mol. The molecule has 0 aromatic heterocycles. The van der Waals surface area contributed by atoms with Gasteiger partial charge in [0.05, 0.1) is 19.1 Å². The fourth-order valence-electron chi connectivity index (χ4n) is 3.43. The molecule has 0 spiro atoms. The highest BCUT2D eigenvalue weighted by Crippen LogP contribution is 2.22. The zero-order chi connectivity index (χ0) is 18.4. The van der Waals surface area contributed by atoms with Crippen LogP contribution in [0, 0.1) is 5.92 Å². The summed E-state index contributed by atoms with van der Waals surface area (Å²) < 4.78 is 33.7. The Balaban J connectivity index is 1.51. The second-order valence-corrected chi connectivity index (χ2v) is 8.67. The molecule has 0 unspecified atom stereocenters. The van der Waals surface area contributed by atoms with Gasteiger partial charge in [-0.2, -0.15) is 17.0 Å². The first kappa shape index (κ1) is 19.3. The van der Waals surface area contributed by atoms with Crippen molar-refractivity contribution in [2.24, 2.45) is 5.92 Å². The van der Waals surface area contributed by atoms with Gasteiger partial charge >= 0.3 is 0 Å². The van der Waals surface area contributed by atoms with E-state index in [2.05, 4.69) is 5.32 Å². The molecule has 2 aliphatic rings. The number of carbonyl (C=O) groups excluding carboxylic acids is 1. The average molecular weight is 381 g/mol. The van der Waals surface area contributed by atoms with Crippen molar-refractivity contribution in [2.75, 3.05) is 45.9 Å². The standard InChI is InChI=1S/C18H27N3O4S/c22-18(19-9-8-16-5-2-1-3-6-16)17-7-4-10-21(15-17)26(23,24)20-11-13-25-14-12-20/h1-3,5-6,17H,4,7-15H2,(H,19,22)/t17-/m0/s1. The summed E-state index contributed by atoms with van der Waals surface area (Å²) in [6.07, 6.45) is 2.21. The summed E-state index contributed by atoms with van der Waals surface area (Å²) in [7, 11) is -3.51. The third-order valence-electron chi connectivity index (χ3n) is 4.93. The summed E-state index contributed by atoms with van der Waals surface area (Å²) in [5.74, 6) is -0.335. The van der Waals surface area contributed by atoms with Crippen LogP contribution >= 0.6 is 0 Å². The molecule has 1 aromatic rings. The van der Waals surface area contributed by atoms with E-state index in [4.69, 9.17) is 4.74 Å². The van der Waals surface area contributed by atoms with Crippen LogP contribution in [0.1, 0.15) is 18.4 Å². The molecule has 0 saturated carbocycles. The minimum atomic E-state index is -3.51. The Hall–Kier alpha value is -1.48. The molecule has 1 atom stereocenters. The van der Waals surface area contributed by atoms with E-state index in [1.165, 1.54) is 14.2 Å². The first-order valence-corrected chi connectivity index (χ1v) is 10.6. The number of nitrogens with one attached hydrogen (secondary N) is 1. The van der Waals surface area contributed by atoms with E-state index in [0.29, 0.717) is 45.8 Å². The summed E-state index contributed by atoms with van der Waals surface area (Å²) in [6, 6.07) is 9.99. The number of rotatable bonds is 6. The fraction of sp³-hybridized carbons (Fsp3) is 0.611. The molecule has 0 bridgehead atoms. The maximum absolute atomic E-state index is 12.8. The van der Waals surface area contributed by atoms with E-state index in [-0.39, 0.29) is 18.4 Å². The van der Waals surface area contributed by atoms with Gasteiger partial charge in [-0.25, -0.2) is 0 Å². The quantitative estimate of drug-likeness (QED) is 0.784. The molecule has 144 valence electrons. The highest BCUT2D eigenvalue weighted by molar-refractivity contribution is 7.86. The molecule has 3 rings (SSSR count). The summed E-state index contributed by atoms with van der Waals surface area (Å²) in [5.41, 5.74) is 1.17. The maximum atomic E-state index is 12.8. The van der Waals surface area contributed by atoms with Crippen molar-refractivity contribution < 1.29 is 17.9 Å². The van der Waals surface area contributed by atoms with Crippen molar-refractivity contribution in [1.82, 2.24) is 13.9 Å². The molecule has 26 heavy (non-hydrogen) atoms. The number of nitrogens with zero attached hydrogens (tertiary/aromatic N) is 2. The monoisotopic (exact) mass is 381 g/mol. The zero-order valence-electron chi connectivity index (χ0n) is 15.0. The van der Waals surface area contributed by atoms with Crippen LogP contribution in [0.15, 0.2) is 30.3 Å². The fourth-order valence-corrected chi connectivity index (χ4v) is 5.09. The van der Waals surface area contributed by atoms with Crippen LogP contribution in [0.2, 0.25) is 0 Å². The maximum Gasteiger partial charge on any atom is 0.282 e. The Kier molecular flexibility index (Phi) is 6.63. The van der Waals surface area contributed by atoms with Crippen LogP contribution in [0.25, 0.3) is 0 Å². The number of benzene rings is 1. The van der Waals surface area contributed by atoms with Gasteiger partial charge in [-0.15, -0.1) is 0 Å². The molecule has 2 heterocycles. The molecule has 2 saturated heterocycles. The molecule has 7 nitrogen and oxygen atoms in total.